The van der Waals surface area contributed by atoms with Gasteiger partial charge in [0.15, 0.2) is 0 Å². The summed E-state index contributed by atoms with van der Waals surface area (Å²) in [5.74, 6) is 5.44. The molecule has 6 heteroatoms. The summed E-state index contributed by atoms with van der Waals surface area (Å²) in [7, 11) is 0. The molecular weight excluding hydrogens is 436 g/mol. The zero-order valence-electron chi connectivity index (χ0n) is 18.5. The second-order valence-electron chi connectivity index (χ2n) is 8.06. The van der Waals surface area contributed by atoms with E-state index in [1.165, 1.54) is 12.8 Å². The number of rotatable bonds is 6. The minimum absolute atomic E-state index is 0.131. The number of pyridine rings is 1. The maximum atomic E-state index is 11.9. The van der Waals surface area contributed by atoms with Gasteiger partial charge in [0.05, 0.1) is 0 Å². The molecule has 1 aliphatic rings. The van der Waals surface area contributed by atoms with Crippen molar-refractivity contribution >= 4 is 17.6 Å². The van der Waals surface area contributed by atoms with Crippen LogP contribution in [0, 0.1) is 18.8 Å². The largest absolute Gasteiger partial charge is 0.491 e. The zero-order chi connectivity index (χ0) is 23.2. The average molecular weight is 461 g/mol. The van der Waals surface area contributed by atoms with Crippen LogP contribution in [0.1, 0.15) is 40.0 Å². The van der Waals surface area contributed by atoms with Gasteiger partial charge in [-0.2, -0.15) is 0 Å². The smallest absolute Gasteiger partial charge is 0.339 e. The van der Waals surface area contributed by atoms with Crippen LogP contribution in [0.2, 0.25) is 5.02 Å². The molecule has 0 unspecified atom stereocenters. The van der Waals surface area contributed by atoms with Crippen LogP contribution in [0.3, 0.4) is 0 Å². The summed E-state index contributed by atoms with van der Waals surface area (Å²) in [6.07, 6.45) is 4.19. The molecule has 0 aliphatic carbocycles. The number of aryl methyl sites for hydroxylation is 1. The predicted molar refractivity (Wildman–Crippen MR) is 130 cm³/mol. The van der Waals surface area contributed by atoms with Gasteiger partial charge in [-0.3, -0.25) is 4.90 Å². The number of carbonyl (C=O) groups is 1. The molecule has 0 saturated carbocycles. The normalized spacial score (nSPS) is 13.4. The summed E-state index contributed by atoms with van der Waals surface area (Å²) in [4.78, 5) is 18.6. The quantitative estimate of drug-likeness (QED) is 0.507. The van der Waals surface area contributed by atoms with E-state index in [0.29, 0.717) is 28.6 Å². The Morgan fingerprint density at radius 1 is 1.09 bits per heavy atom. The molecule has 1 saturated heterocycles. The molecule has 2 heterocycles. The maximum Gasteiger partial charge on any atom is 0.339 e. The molecule has 3 aromatic rings. The number of benzene rings is 2. The summed E-state index contributed by atoms with van der Waals surface area (Å²) >= 11 is 5.95. The van der Waals surface area contributed by atoms with E-state index in [-0.39, 0.29) is 5.56 Å². The Labute approximate surface area is 199 Å². The molecule has 0 amide bonds. The summed E-state index contributed by atoms with van der Waals surface area (Å²) in [6.45, 7) is 5.28. The Morgan fingerprint density at radius 2 is 1.82 bits per heavy atom. The molecule has 0 atom stereocenters. The van der Waals surface area contributed by atoms with Gasteiger partial charge in [0.1, 0.15) is 23.6 Å². The van der Waals surface area contributed by atoms with Gasteiger partial charge in [0, 0.05) is 28.9 Å². The lowest BCUT2D eigenvalue weighted by Gasteiger charge is -2.17. The van der Waals surface area contributed by atoms with Crippen molar-refractivity contribution in [1.82, 2.24) is 9.88 Å². The number of ether oxygens (including phenoxy) is 1. The number of halogens is 1. The molecule has 1 aliphatic heterocycles. The van der Waals surface area contributed by atoms with E-state index in [4.69, 9.17) is 16.3 Å². The first-order chi connectivity index (χ1) is 16.0. The molecule has 168 valence electrons. The van der Waals surface area contributed by atoms with Crippen molar-refractivity contribution in [3.8, 4) is 28.7 Å². The Morgan fingerprint density at radius 3 is 2.48 bits per heavy atom. The first-order valence-electron chi connectivity index (χ1n) is 11.0. The van der Waals surface area contributed by atoms with Crippen molar-refractivity contribution in [2.45, 2.75) is 19.8 Å². The first kappa shape index (κ1) is 22.8. The van der Waals surface area contributed by atoms with Gasteiger partial charge in [0.2, 0.25) is 0 Å². The van der Waals surface area contributed by atoms with Gasteiger partial charge in [0.25, 0.3) is 0 Å². The lowest BCUT2D eigenvalue weighted by molar-refractivity contribution is 0.0691. The molecular formula is C27H25ClN2O3. The lowest BCUT2D eigenvalue weighted by atomic mass is 10.0. The van der Waals surface area contributed by atoms with Crippen molar-refractivity contribution < 1.29 is 14.6 Å². The fourth-order valence-electron chi connectivity index (χ4n) is 3.90. The molecule has 33 heavy (non-hydrogen) atoms. The number of likely N-dealkylation sites (tertiary alicyclic amines) is 1. The van der Waals surface area contributed by atoms with E-state index < -0.39 is 5.97 Å². The summed E-state index contributed by atoms with van der Waals surface area (Å²) < 4.78 is 5.88. The van der Waals surface area contributed by atoms with E-state index in [1.807, 2.05) is 49.4 Å². The maximum absolute atomic E-state index is 11.9. The Kier molecular flexibility index (Phi) is 7.29. The van der Waals surface area contributed by atoms with E-state index in [1.54, 1.807) is 12.3 Å². The van der Waals surface area contributed by atoms with Crippen LogP contribution in [0.15, 0.2) is 54.7 Å². The number of hydrogen-bond donors (Lipinski definition) is 1. The van der Waals surface area contributed by atoms with Gasteiger partial charge in [-0.1, -0.05) is 35.7 Å². The van der Waals surface area contributed by atoms with Crippen molar-refractivity contribution in [2.75, 3.05) is 26.2 Å². The third-order valence-electron chi connectivity index (χ3n) is 5.63. The third kappa shape index (κ3) is 5.92. The lowest BCUT2D eigenvalue weighted by Crippen LogP contribution is -2.25. The highest BCUT2D eigenvalue weighted by molar-refractivity contribution is 6.30. The fourth-order valence-corrected chi connectivity index (χ4v) is 4.02. The molecule has 1 fully saturated rings. The van der Waals surface area contributed by atoms with E-state index >= 15 is 0 Å². The summed E-state index contributed by atoms with van der Waals surface area (Å²) in [5, 5.41) is 10.4. The van der Waals surface area contributed by atoms with E-state index in [0.717, 1.165) is 36.3 Å². The minimum atomic E-state index is -1.02. The molecule has 0 bridgehead atoms. The highest BCUT2D eigenvalue weighted by Crippen LogP contribution is 2.26. The molecule has 1 N–H and O–H groups in total. The van der Waals surface area contributed by atoms with Gasteiger partial charge in [-0.15, -0.1) is 0 Å². The molecule has 0 radical (unpaired) electrons. The zero-order valence-corrected chi connectivity index (χ0v) is 19.2. The second-order valence-corrected chi connectivity index (χ2v) is 8.50. The van der Waals surface area contributed by atoms with E-state index in [9.17, 15) is 9.90 Å². The number of carboxylic acid groups (broad SMARTS) is 1. The van der Waals surface area contributed by atoms with Crippen molar-refractivity contribution in [3.63, 3.8) is 0 Å². The van der Waals surface area contributed by atoms with Crippen LogP contribution in [-0.2, 0) is 0 Å². The van der Waals surface area contributed by atoms with Crippen LogP contribution < -0.4 is 4.74 Å². The highest BCUT2D eigenvalue weighted by atomic mass is 35.5. The average Bonchev–Trinajstić information content (AvgIpc) is 3.33. The van der Waals surface area contributed by atoms with Crippen molar-refractivity contribution in [1.29, 1.82) is 0 Å². The number of carboxylic acids is 1. The van der Waals surface area contributed by atoms with Crippen molar-refractivity contribution in [3.05, 3.63) is 82.1 Å². The number of hydrogen-bond acceptors (Lipinski definition) is 4. The highest BCUT2D eigenvalue weighted by Gasteiger charge is 2.17. The number of nitrogens with zero attached hydrogens (tertiary/aromatic N) is 2. The summed E-state index contributed by atoms with van der Waals surface area (Å²) in [6, 6.07) is 14.8. The SMILES string of the molecule is Cc1cc(C#Cc2ccc(-c3ccc(Cl)cc3)cn2)cc(C(=O)O)c1OCCN1CCCC1. The van der Waals surface area contributed by atoms with Crippen LogP contribution in [0.25, 0.3) is 11.1 Å². The standard InChI is InChI=1S/C27H25ClN2O3/c1-19-16-20(17-25(27(31)32)26(19)33-15-14-30-12-2-3-13-30)4-10-24-11-7-22(18-29-24)21-5-8-23(28)9-6-21/h5-9,11,16-18H,2-3,12-15H2,1H3,(H,31,32). The van der Waals surface area contributed by atoms with Crippen molar-refractivity contribution in [2.24, 2.45) is 0 Å². The molecule has 4 rings (SSSR count). The first-order valence-corrected chi connectivity index (χ1v) is 11.3. The predicted octanol–water partition coefficient (Wildman–Crippen LogP) is 5.28. The minimum Gasteiger partial charge on any atom is -0.491 e. The second kappa shape index (κ2) is 10.5. The Hall–Kier alpha value is -3.33. The molecule has 1 aromatic heterocycles. The molecule has 2 aromatic carbocycles. The Balaban J connectivity index is 1.49. The van der Waals surface area contributed by atoms with Gasteiger partial charge in [-0.05, 0) is 80.2 Å². The topological polar surface area (TPSA) is 62.7 Å². The van der Waals surface area contributed by atoms with Gasteiger partial charge < -0.3 is 9.84 Å². The van der Waals surface area contributed by atoms with Crippen LogP contribution in [-0.4, -0.2) is 47.2 Å². The monoisotopic (exact) mass is 460 g/mol. The summed E-state index contributed by atoms with van der Waals surface area (Å²) in [5.41, 5.74) is 4.09. The van der Waals surface area contributed by atoms with Gasteiger partial charge in [-0.25, -0.2) is 9.78 Å². The Bertz CT molecular complexity index is 1190. The number of aromatic carboxylic acids is 1. The van der Waals surface area contributed by atoms with Crippen LogP contribution in [0.5, 0.6) is 5.75 Å². The fraction of sp³-hybridized carbons (Fsp3) is 0.259. The van der Waals surface area contributed by atoms with Crippen LogP contribution >= 0.6 is 11.6 Å². The molecule has 0 spiro atoms. The van der Waals surface area contributed by atoms with E-state index in [2.05, 4.69) is 21.7 Å². The molecule has 5 nitrogen and oxygen atoms in total. The third-order valence-corrected chi connectivity index (χ3v) is 5.89. The number of aromatic nitrogens is 1. The van der Waals surface area contributed by atoms with Crippen LogP contribution in [0.4, 0.5) is 0 Å². The van der Waals surface area contributed by atoms with Gasteiger partial charge >= 0.3 is 5.97 Å².